The summed E-state index contributed by atoms with van der Waals surface area (Å²) in [6.45, 7) is 3.94. The number of pyridine rings is 1. The van der Waals surface area contributed by atoms with Gasteiger partial charge >= 0.3 is 5.69 Å². The summed E-state index contributed by atoms with van der Waals surface area (Å²) >= 11 is 0. The van der Waals surface area contributed by atoms with Crippen molar-refractivity contribution in [2.75, 3.05) is 33.2 Å². The summed E-state index contributed by atoms with van der Waals surface area (Å²) in [6, 6.07) is 12.9. The Balaban J connectivity index is 1.63. The molecule has 0 saturated carbocycles. The van der Waals surface area contributed by atoms with Crippen molar-refractivity contribution in [3.8, 4) is 23.0 Å². The minimum absolute atomic E-state index is 0.123. The van der Waals surface area contributed by atoms with Gasteiger partial charge in [0.25, 0.3) is 15.6 Å². The molecule has 2 heterocycles. The molecular formula is C32H34N4O8S. The molecule has 5 rings (SSSR count). The summed E-state index contributed by atoms with van der Waals surface area (Å²) in [6.07, 6.45) is 1.88. The summed E-state index contributed by atoms with van der Waals surface area (Å²) in [5, 5.41) is 1.78. The van der Waals surface area contributed by atoms with Crippen LogP contribution in [0.5, 0.6) is 23.0 Å². The zero-order valence-electron chi connectivity index (χ0n) is 25.8. The maximum atomic E-state index is 13.9. The van der Waals surface area contributed by atoms with Crippen molar-refractivity contribution in [1.82, 2.24) is 14.1 Å². The number of methoxy groups -OCH3 is 4. The lowest BCUT2D eigenvalue weighted by molar-refractivity contribution is 0.355. The number of benzene rings is 3. The Morgan fingerprint density at radius 1 is 0.756 bits per heavy atom. The lowest BCUT2D eigenvalue weighted by Crippen LogP contribution is -2.39. The van der Waals surface area contributed by atoms with Gasteiger partial charge in [-0.15, -0.1) is 0 Å². The number of aryl methyl sites for hydroxylation is 1. The molecule has 3 aromatic carbocycles. The van der Waals surface area contributed by atoms with E-state index in [1.54, 1.807) is 46.4 Å². The lowest BCUT2D eigenvalue weighted by Gasteiger charge is -2.18. The van der Waals surface area contributed by atoms with Crippen molar-refractivity contribution < 1.29 is 27.4 Å². The van der Waals surface area contributed by atoms with E-state index < -0.39 is 21.3 Å². The van der Waals surface area contributed by atoms with Crippen molar-refractivity contribution in [1.29, 1.82) is 0 Å². The van der Waals surface area contributed by atoms with Crippen LogP contribution in [0.1, 0.15) is 25.1 Å². The van der Waals surface area contributed by atoms with Crippen LogP contribution in [-0.4, -0.2) is 51.0 Å². The Morgan fingerprint density at radius 2 is 1.38 bits per heavy atom. The molecule has 0 bridgehead atoms. The Hall–Kier alpha value is -5.04. The highest BCUT2D eigenvalue weighted by atomic mass is 32.2. The SMILES string of the molecule is CCn1c(=O)c2cc(S(=O)(=O)Nc3cc(OC)c(OC)cc3Cc3nccc4cc(OC)c(OC)cc34)ccc2n(CC)c1=O. The molecule has 0 radical (unpaired) electrons. The monoisotopic (exact) mass is 634 g/mol. The Kier molecular flexibility index (Phi) is 8.73. The first kappa shape index (κ1) is 31.4. The minimum atomic E-state index is -4.23. The van der Waals surface area contributed by atoms with Crippen molar-refractivity contribution in [2.45, 2.75) is 38.3 Å². The van der Waals surface area contributed by atoms with Gasteiger partial charge in [-0.2, -0.15) is 0 Å². The topological polar surface area (TPSA) is 140 Å². The fourth-order valence-electron chi connectivity index (χ4n) is 5.40. The number of nitrogens with one attached hydrogen (secondary N) is 1. The van der Waals surface area contributed by atoms with Crippen LogP contribution >= 0.6 is 0 Å². The highest BCUT2D eigenvalue weighted by Crippen LogP contribution is 2.38. The predicted molar refractivity (Wildman–Crippen MR) is 172 cm³/mol. The van der Waals surface area contributed by atoms with E-state index >= 15 is 0 Å². The van der Waals surface area contributed by atoms with Crippen LogP contribution in [0.3, 0.4) is 0 Å². The maximum absolute atomic E-state index is 13.9. The lowest BCUT2D eigenvalue weighted by atomic mass is 10.0. The summed E-state index contributed by atoms with van der Waals surface area (Å²) < 4.78 is 54.9. The molecule has 5 aromatic rings. The average Bonchev–Trinajstić information content (AvgIpc) is 3.04. The molecule has 12 nitrogen and oxygen atoms in total. The quantitative estimate of drug-likeness (QED) is 0.227. The van der Waals surface area contributed by atoms with E-state index in [1.807, 2.05) is 18.2 Å². The number of hydrogen-bond acceptors (Lipinski definition) is 9. The molecule has 0 aliphatic carbocycles. The van der Waals surface area contributed by atoms with Crippen molar-refractivity contribution in [2.24, 2.45) is 0 Å². The largest absolute Gasteiger partial charge is 0.493 e. The van der Waals surface area contributed by atoms with Gasteiger partial charge < -0.3 is 18.9 Å². The smallest absolute Gasteiger partial charge is 0.331 e. The number of nitrogens with zero attached hydrogens (tertiary/aromatic N) is 3. The molecule has 1 N–H and O–H groups in total. The summed E-state index contributed by atoms with van der Waals surface area (Å²) in [5.74, 6) is 1.81. The van der Waals surface area contributed by atoms with Crippen molar-refractivity contribution in [3.05, 3.63) is 86.8 Å². The Morgan fingerprint density at radius 3 is 2.02 bits per heavy atom. The van der Waals surface area contributed by atoms with Crippen LogP contribution in [0.25, 0.3) is 21.7 Å². The number of aromatic nitrogens is 3. The van der Waals surface area contributed by atoms with Gasteiger partial charge in [0, 0.05) is 37.2 Å². The number of ether oxygens (including phenoxy) is 4. The number of rotatable bonds is 11. The summed E-state index contributed by atoms with van der Waals surface area (Å²) in [4.78, 5) is 30.4. The molecule has 0 fully saturated rings. The number of sulfonamides is 1. The molecule has 45 heavy (non-hydrogen) atoms. The van der Waals surface area contributed by atoms with Gasteiger partial charge in [-0.3, -0.25) is 23.6 Å². The third-order valence-corrected chi connectivity index (χ3v) is 9.06. The standard InChI is InChI=1S/C32H34N4O8S/c1-7-35-26-10-9-21(16-23(26)31(37)36(8-2)32(35)38)45(39,40)34-24-18-30(44-6)28(42-4)15-20(24)13-25-22-17-29(43-5)27(41-3)14-19(22)11-12-33-25/h9-12,14-18,34H,7-8,13H2,1-6H3. The highest BCUT2D eigenvalue weighted by molar-refractivity contribution is 7.92. The maximum Gasteiger partial charge on any atom is 0.331 e. The van der Waals surface area contributed by atoms with E-state index in [0.717, 1.165) is 15.3 Å². The first-order valence-electron chi connectivity index (χ1n) is 14.1. The van der Waals surface area contributed by atoms with Crippen LogP contribution in [0, 0.1) is 0 Å². The molecular weight excluding hydrogens is 600 g/mol. The molecule has 0 unspecified atom stereocenters. The van der Waals surface area contributed by atoms with Crippen LogP contribution in [-0.2, 0) is 29.5 Å². The van der Waals surface area contributed by atoms with E-state index in [9.17, 15) is 18.0 Å². The van der Waals surface area contributed by atoms with E-state index in [2.05, 4.69) is 9.71 Å². The van der Waals surface area contributed by atoms with Gasteiger partial charge in [0.1, 0.15) is 0 Å². The predicted octanol–water partition coefficient (Wildman–Crippen LogP) is 4.18. The fourth-order valence-corrected chi connectivity index (χ4v) is 6.52. The van der Waals surface area contributed by atoms with Crippen LogP contribution in [0.2, 0.25) is 0 Å². The first-order chi connectivity index (χ1) is 21.6. The molecule has 2 aromatic heterocycles. The fraction of sp³-hybridized carbons (Fsp3) is 0.281. The second kappa shape index (κ2) is 12.5. The summed E-state index contributed by atoms with van der Waals surface area (Å²) in [5.41, 5.74) is 0.803. The normalized spacial score (nSPS) is 11.5. The molecule has 0 atom stereocenters. The third-order valence-electron chi connectivity index (χ3n) is 7.70. The van der Waals surface area contributed by atoms with Crippen LogP contribution < -0.4 is 34.9 Å². The zero-order valence-corrected chi connectivity index (χ0v) is 26.6. The molecule has 0 aliphatic rings. The average molecular weight is 635 g/mol. The Bertz CT molecular complexity index is 2160. The molecule has 236 valence electrons. The number of hydrogen-bond donors (Lipinski definition) is 1. The third kappa shape index (κ3) is 5.66. The second-order valence-electron chi connectivity index (χ2n) is 10.1. The number of fused-ring (bicyclic) bond motifs is 2. The molecule has 0 amide bonds. The molecule has 13 heteroatoms. The van der Waals surface area contributed by atoms with Gasteiger partial charge in [0.05, 0.1) is 55.6 Å². The van der Waals surface area contributed by atoms with Crippen molar-refractivity contribution >= 4 is 37.4 Å². The van der Waals surface area contributed by atoms with Gasteiger partial charge in [0.15, 0.2) is 23.0 Å². The van der Waals surface area contributed by atoms with Crippen LogP contribution in [0.4, 0.5) is 5.69 Å². The highest BCUT2D eigenvalue weighted by Gasteiger charge is 2.22. The molecule has 0 spiro atoms. The number of anilines is 1. The van der Waals surface area contributed by atoms with E-state index in [4.69, 9.17) is 18.9 Å². The van der Waals surface area contributed by atoms with Gasteiger partial charge in [-0.25, -0.2) is 13.2 Å². The van der Waals surface area contributed by atoms with E-state index in [0.29, 0.717) is 46.3 Å². The summed E-state index contributed by atoms with van der Waals surface area (Å²) in [7, 11) is 1.83. The molecule has 0 aliphatic heterocycles. The van der Waals surface area contributed by atoms with Crippen LogP contribution in [0.15, 0.2) is 69.2 Å². The minimum Gasteiger partial charge on any atom is -0.493 e. The van der Waals surface area contributed by atoms with E-state index in [1.165, 1.54) is 37.0 Å². The Labute approximate surface area is 259 Å². The van der Waals surface area contributed by atoms with E-state index in [-0.39, 0.29) is 28.9 Å². The van der Waals surface area contributed by atoms with Gasteiger partial charge in [-0.1, -0.05) is 0 Å². The molecule has 0 saturated heterocycles. The van der Waals surface area contributed by atoms with Gasteiger partial charge in [0.2, 0.25) is 0 Å². The van der Waals surface area contributed by atoms with Gasteiger partial charge in [-0.05, 0) is 67.3 Å². The zero-order chi connectivity index (χ0) is 32.5. The van der Waals surface area contributed by atoms with Crippen molar-refractivity contribution in [3.63, 3.8) is 0 Å². The first-order valence-corrected chi connectivity index (χ1v) is 15.6. The second-order valence-corrected chi connectivity index (χ2v) is 11.8.